The first-order valence-electron chi connectivity index (χ1n) is 7.73. The Morgan fingerprint density at radius 2 is 1.96 bits per heavy atom. The summed E-state index contributed by atoms with van der Waals surface area (Å²) < 4.78 is 29.3. The number of sulfonamides is 1. The van der Waals surface area contributed by atoms with Crippen LogP contribution in [0.3, 0.4) is 0 Å². The molecule has 0 radical (unpaired) electrons. The van der Waals surface area contributed by atoms with Crippen molar-refractivity contribution in [2.75, 3.05) is 0 Å². The summed E-state index contributed by atoms with van der Waals surface area (Å²) in [4.78, 5) is 8.67. The van der Waals surface area contributed by atoms with Gasteiger partial charge in [0.2, 0.25) is 10.0 Å². The lowest BCUT2D eigenvalue weighted by atomic mass is 10.1. The van der Waals surface area contributed by atoms with E-state index >= 15 is 0 Å². The van der Waals surface area contributed by atoms with E-state index in [-0.39, 0.29) is 11.4 Å². The molecule has 130 valence electrons. The molecule has 7 nitrogen and oxygen atoms in total. The Balaban J connectivity index is 1.75. The molecule has 0 saturated carbocycles. The number of nitrogens with zero attached hydrogens (tertiary/aromatic N) is 4. The molecule has 3 aromatic rings. The van der Waals surface area contributed by atoms with E-state index in [2.05, 4.69) is 19.8 Å². The predicted molar refractivity (Wildman–Crippen MR) is 94.2 cm³/mol. The van der Waals surface area contributed by atoms with Gasteiger partial charge in [-0.25, -0.2) is 13.1 Å². The van der Waals surface area contributed by atoms with Crippen molar-refractivity contribution in [2.45, 2.75) is 25.3 Å². The van der Waals surface area contributed by atoms with Gasteiger partial charge in [0.1, 0.15) is 4.90 Å². The third-order valence-corrected chi connectivity index (χ3v) is 5.61. The largest absolute Gasteiger partial charge is 0.271 e. The Hall–Kier alpha value is -2.58. The maximum absolute atomic E-state index is 12.6. The van der Waals surface area contributed by atoms with Gasteiger partial charge in [-0.1, -0.05) is 6.07 Å². The summed E-state index contributed by atoms with van der Waals surface area (Å²) in [5.74, 6) is 0. The monoisotopic (exact) mass is 357 g/mol. The number of aromatic nitrogens is 4. The van der Waals surface area contributed by atoms with E-state index in [9.17, 15) is 8.42 Å². The van der Waals surface area contributed by atoms with Crippen molar-refractivity contribution in [3.05, 3.63) is 59.8 Å². The van der Waals surface area contributed by atoms with Gasteiger partial charge in [-0.15, -0.1) is 0 Å². The first-order chi connectivity index (χ1) is 11.9. The van der Waals surface area contributed by atoms with Crippen molar-refractivity contribution in [1.82, 2.24) is 24.5 Å². The van der Waals surface area contributed by atoms with Crippen molar-refractivity contribution < 1.29 is 8.42 Å². The van der Waals surface area contributed by atoms with Gasteiger partial charge in [0.05, 0.1) is 17.1 Å². The molecule has 3 heterocycles. The molecule has 0 aromatic carbocycles. The molecule has 0 amide bonds. The number of hydrogen-bond acceptors (Lipinski definition) is 5. The molecule has 0 spiro atoms. The summed E-state index contributed by atoms with van der Waals surface area (Å²) in [5, 5.41) is 4.16. The molecule has 3 rings (SSSR count). The number of nitrogens with one attached hydrogen (secondary N) is 1. The minimum absolute atomic E-state index is 0.163. The van der Waals surface area contributed by atoms with E-state index in [1.54, 1.807) is 44.2 Å². The number of rotatable bonds is 5. The second-order valence-electron chi connectivity index (χ2n) is 5.74. The average molecular weight is 357 g/mol. The summed E-state index contributed by atoms with van der Waals surface area (Å²) in [5.41, 5.74) is 3.57. The van der Waals surface area contributed by atoms with Gasteiger partial charge in [-0.2, -0.15) is 5.10 Å². The van der Waals surface area contributed by atoms with Gasteiger partial charge in [-0.05, 0) is 37.6 Å². The van der Waals surface area contributed by atoms with Gasteiger partial charge in [0.15, 0.2) is 0 Å². The van der Waals surface area contributed by atoms with E-state index in [0.29, 0.717) is 11.4 Å². The molecule has 0 fully saturated rings. The molecule has 0 aliphatic rings. The van der Waals surface area contributed by atoms with Crippen LogP contribution in [0.5, 0.6) is 0 Å². The van der Waals surface area contributed by atoms with E-state index in [1.807, 2.05) is 24.3 Å². The summed E-state index contributed by atoms with van der Waals surface area (Å²) >= 11 is 0. The minimum atomic E-state index is -3.63. The topological polar surface area (TPSA) is 89.8 Å². The molecule has 0 unspecified atom stereocenters. The highest BCUT2D eigenvalue weighted by molar-refractivity contribution is 7.89. The van der Waals surface area contributed by atoms with Crippen molar-refractivity contribution in [3.8, 4) is 11.3 Å². The lowest BCUT2D eigenvalue weighted by molar-refractivity contribution is 0.579. The quantitative estimate of drug-likeness (QED) is 0.754. The average Bonchev–Trinajstić information content (AvgIpc) is 2.87. The Morgan fingerprint density at radius 3 is 2.52 bits per heavy atom. The Morgan fingerprint density at radius 1 is 1.16 bits per heavy atom. The van der Waals surface area contributed by atoms with Crippen molar-refractivity contribution >= 4 is 10.0 Å². The number of hydrogen-bond donors (Lipinski definition) is 1. The van der Waals surface area contributed by atoms with E-state index in [0.717, 1.165) is 16.8 Å². The Bertz CT molecular complexity index is 980. The van der Waals surface area contributed by atoms with Crippen LogP contribution in [0.25, 0.3) is 11.3 Å². The lowest BCUT2D eigenvalue weighted by Crippen LogP contribution is -2.24. The fourth-order valence-corrected chi connectivity index (χ4v) is 4.06. The Labute approximate surface area is 146 Å². The van der Waals surface area contributed by atoms with Crippen LogP contribution in [0.15, 0.2) is 47.8 Å². The third kappa shape index (κ3) is 3.59. The van der Waals surface area contributed by atoms with Crippen molar-refractivity contribution in [2.24, 2.45) is 7.05 Å². The zero-order chi connectivity index (χ0) is 18.0. The van der Waals surface area contributed by atoms with Gasteiger partial charge in [0, 0.05) is 37.7 Å². The van der Waals surface area contributed by atoms with Crippen molar-refractivity contribution in [1.29, 1.82) is 0 Å². The summed E-state index contributed by atoms with van der Waals surface area (Å²) in [6.07, 6.45) is 5.10. The molecule has 0 aliphatic carbocycles. The molecular formula is C17H19N5O2S. The van der Waals surface area contributed by atoms with Crippen LogP contribution in [-0.2, 0) is 23.6 Å². The highest BCUT2D eigenvalue weighted by Crippen LogP contribution is 2.19. The molecule has 0 atom stereocenters. The van der Waals surface area contributed by atoms with E-state index in [1.165, 1.54) is 0 Å². The van der Waals surface area contributed by atoms with Crippen LogP contribution in [0.4, 0.5) is 0 Å². The highest BCUT2D eigenvalue weighted by Gasteiger charge is 2.23. The smallest absolute Gasteiger partial charge is 0.244 e. The second kappa shape index (κ2) is 6.73. The fraction of sp³-hybridized carbons (Fsp3) is 0.235. The number of aryl methyl sites for hydroxylation is 2. The molecular weight excluding hydrogens is 338 g/mol. The summed E-state index contributed by atoms with van der Waals surface area (Å²) in [7, 11) is -1.91. The van der Waals surface area contributed by atoms with Gasteiger partial charge in [-0.3, -0.25) is 14.6 Å². The third-order valence-electron chi connectivity index (χ3n) is 3.96. The maximum atomic E-state index is 12.6. The minimum Gasteiger partial charge on any atom is -0.271 e. The maximum Gasteiger partial charge on any atom is 0.244 e. The number of pyridine rings is 2. The van der Waals surface area contributed by atoms with E-state index in [4.69, 9.17) is 0 Å². The van der Waals surface area contributed by atoms with E-state index < -0.39 is 10.0 Å². The molecule has 1 N–H and O–H groups in total. The van der Waals surface area contributed by atoms with Crippen LogP contribution in [0, 0.1) is 13.8 Å². The van der Waals surface area contributed by atoms with Crippen LogP contribution in [0.1, 0.15) is 17.0 Å². The predicted octanol–water partition coefficient (Wildman–Crippen LogP) is 1.97. The molecule has 0 aliphatic heterocycles. The molecule has 0 bridgehead atoms. The van der Waals surface area contributed by atoms with Crippen LogP contribution in [-0.4, -0.2) is 28.2 Å². The van der Waals surface area contributed by atoms with Gasteiger partial charge < -0.3 is 0 Å². The summed E-state index contributed by atoms with van der Waals surface area (Å²) in [6, 6.07) is 7.46. The normalized spacial score (nSPS) is 11.6. The zero-order valence-electron chi connectivity index (χ0n) is 14.3. The van der Waals surface area contributed by atoms with Crippen molar-refractivity contribution in [3.63, 3.8) is 0 Å². The highest BCUT2D eigenvalue weighted by atomic mass is 32.2. The van der Waals surface area contributed by atoms with Crippen LogP contribution in [0.2, 0.25) is 0 Å². The second-order valence-corrected chi connectivity index (χ2v) is 7.45. The SMILES string of the molecule is Cc1nn(C)c(C)c1S(=O)(=O)NCc1ccc(-c2cccnc2)nc1. The lowest BCUT2D eigenvalue weighted by Gasteiger charge is -2.08. The standard InChI is InChI=1S/C17H19N5O2S/c1-12-17(13(2)22(3)21-12)25(23,24)20-10-14-6-7-16(19-9-14)15-5-4-8-18-11-15/h4-9,11,20H,10H2,1-3H3. The van der Waals surface area contributed by atoms with Crippen LogP contribution < -0.4 is 4.72 Å². The first-order valence-corrected chi connectivity index (χ1v) is 9.22. The fourth-order valence-electron chi connectivity index (χ4n) is 2.61. The van der Waals surface area contributed by atoms with Gasteiger partial charge >= 0.3 is 0 Å². The molecule has 3 aromatic heterocycles. The Kier molecular flexibility index (Phi) is 4.65. The summed E-state index contributed by atoms with van der Waals surface area (Å²) in [6.45, 7) is 3.58. The van der Waals surface area contributed by atoms with Crippen LogP contribution >= 0.6 is 0 Å². The molecule has 0 saturated heterocycles. The molecule has 8 heteroatoms. The first kappa shape index (κ1) is 17.2. The zero-order valence-corrected chi connectivity index (χ0v) is 15.1. The molecule has 25 heavy (non-hydrogen) atoms. The van der Waals surface area contributed by atoms with Gasteiger partial charge in [0.25, 0.3) is 0 Å².